The van der Waals surface area contributed by atoms with E-state index in [1.165, 1.54) is 5.56 Å². The molecule has 2 rings (SSSR count). The van der Waals surface area contributed by atoms with Crippen LogP contribution in [-0.2, 0) is 10.2 Å². The summed E-state index contributed by atoms with van der Waals surface area (Å²) < 4.78 is 5.64. The van der Waals surface area contributed by atoms with Gasteiger partial charge >= 0.3 is 0 Å². The van der Waals surface area contributed by atoms with E-state index in [9.17, 15) is 4.79 Å². The first kappa shape index (κ1) is 16.8. The summed E-state index contributed by atoms with van der Waals surface area (Å²) in [6, 6.07) is 8.24. The van der Waals surface area contributed by atoms with Crippen LogP contribution in [0, 0.1) is 5.92 Å². The minimum Gasteiger partial charge on any atom is -0.484 e. The summed E-state index contributed by atoms with van der Waals surface area (Å²) in [5, 5.41) is 0. The normalized spacial score (nSPS) is 22.0. The van der Waals surface area contributed by atoms with E-state index in [0.717, 1.165) is 18.7 Å². The van der Waals surface area contributed by atoms with E-state index < -0.39 is 0 Å². The van der Waals surface area contributed by atoms with Crippen LogP contribution in [-0.4, -0.2) is 36.5 Å². The van der Waals surface area contributed by atoms with Crippen molar-refractivity contribution in [2.24, 2.45) is 11.7 Å². The number of nitrogens with zero attached hydrogens (tertiary/aromatic N) is 1. The van der Waals surface area contributed by atoms with Crippen LogP contribution in [0.3, 0.4) is 0 Å². The molecular weight excluding hydrogens is 276 g/mol. The van der Waals surface area contributed by atoms with Crippen molar-refractivity contribution in [2.45, 2.75) is 45.6 Å². The number of hydrogen-bond acceptors (Lipinski definition) is 3. The monoisotopic (exact) mass is 304 g/mol. The number of hydrogen-bond donors (Lipinski definition) is 1. The fraction of sp³-hybridized carbons (Fsp3) is 0.611. The van der Waals surface area contributed by atoms with Crippen molar-refractivity contribution in [3.05, 3.63) is 29.8 Å². The van der Waals surface area contributed by atoms with Crippen LogP contribution in [0.25, 0.3) is 0 Å². The molecule has 0 saturated carbocycles. The fourth-order valence-electron chi connectivity index (χ4n) is 2.94. The number of amides is 1. The second-order valence-electron chi connectivity index (χ2n) is 7.30. The van der Waals surface area contributed by atoms with E-state index in [-0.39, 0.29) is 24.0 Å². The Hall–Kier alpha value is -1.55. The second kappa shape index (κ2) is 6.69. The van der Waals surface area contributed by atoms with Gasteiger partial charge in [0, 0.05) is 12.6 Å². The molecule has 1 saturated heterocycles. The lowest BCUT2D eigenvalue weighted by atomic mass is 9.87. The Bertz CT molecular complexity index is 505. The fourth-order valence-corrected chi connectivity index (χ4v) is 2.94. The van der Waals surface area contributed by atoms with Gasteiger partial charge in [0.05, 0.1) is 0 Å². The summed E-state index contributed by atoms with van der Waals surface area (Å²) in [4.78, 5) is 14.2. The Morgan fingerprint density at radius 1 is 1.32 bits per heavy atom. The van der Waals surface area contributed by atoms with Gasteiger partial charge in [-0.25, -0.2) is 0 Å². The first-order valence-corrected chi connectivity index (χ1v) is 8.04. The average molecular weight is 304 g/mol. The molecule has 2 atom stereocenters. The average Bonchev–Trinajstić information content (AvgIpc) is 2.85. The molecule has 2 N–H and O–H groups in total. The third-order valence-electron chi connectivity index (χ3n) is 4.40. The van der Waals surface area contributed by atoms with E-state index in [0.29, 0.717) is 12.5 Å². The van der Waals surface area contributed by atoms with Gasteiger partial charge in [0.2, 0.25) is 0 Å². The summed E-state index contributed by atoms with van der Waals surface area (Å²) >= 11 is 0. The van der Waals surface area contributed by atoms with E-state index in [1.807, 2.05) is 17.0 Å². The van der Waals surface area contributed by atoms with Gasteiger partial charge < -0.3 is 15.4 Å². The highest BCUT2D eigenvalue weighted by molar-refractivity contribution is 5.78. The van der Waals surface area contributed by atoms with Crippen LogP contribution < -0.4 is 10.5 Å². The molecule has 1 aromatic rings. The van der Waals surface area contributed by atoms with Crippen LogP contribution in [0.15, 0.2) is 24.3 Å². The maximum Gasteiger partial charge on any atom is 0.260 e. The van der Waals surface area contributed by atoms with E-state index in [1.54, 1.807) is 0 Å². The van der Waals surface area contributed by atoms with E-state index in [4.69, 9.17) is 10.5 Å². The minimum absolute atomic E-state index is 0.0448. The van der Waals surface area contributed by atoms with E-state index in [2.05, 4.69) is 39.8 Å². The number of rotatable bonds is 4. The molecule has 1 aliphatic heterocycles. The van der Waals surface area contributed by atoms with Gasteiger partial charge in [-0.3, -0.25) is 4.79 Å². The lowest BCUT2D eigenvalue weighted by Gasteiger charge is -2.22. The molecule has 4 heteroatoms. The quantitative estimate of drug-likeness (QED) is 0.930. The van der Waals surface area contributed by atoms with Gasteiger partial charge in [-0.2, -0.15) is 0 Å². The third-order valence-corrected chi connectivity index (χ3v) is 4.40. The number of likely N-dealkylation sites (tertiary alicyclic amines) is 1. The van der Waals surface area contributed by atoms with Crippen LogP contribution in [0.4, 0.5) is 0 Å². The van der Waals surface area contributed by atoms with Crippen molar-refractivity contribution >= 4 is 5.91 Å². The number of nitrogens with two attached hydrogens (primary N) is 1. The second-order valence-corrected chi connectivity index (χ2v) is 7.30. The highest BCUT2D eigenvalue weighted by atomic mass is 16.5. The molecule has 1 heterocycles. The van der Waals surface area contributed by atoms with Crippen LogP contribution in [0.1, 0.15) is 39.7 Å². The van der Waals surface area contributed by atoms with Gasteiger partial charge in [-0.15, -0.1) is 0 Å². The van der Waals surface area contributed by atoms with Crippen molar-refractivity contribution < 1.29 is 9.53 Å². The van der Waals surface area contributed by atoms with Gasteiger partial charge in [-0.05, 0) is 48.9 Å². The van der Waals surface area contributed by atoms with Gasteiger partial charge in [0.15, 0.2) is 6.61 Å². The lowest BCUT2D eigenvalue weighted by Crippen LogP contribution is -2.37. The summed E-state index contributed by atoms with van der Waals surface area (Å²) in [5.74, 6) is 1.21. The zero-order valence-corrected chi connectivity index (χ0v) is 14.1. The number of carbonyl (C=O) groups is 1. The molecule has 122 valence electrons. The summed E-state index contributed by atoms with van der Waals surface area (Å²) in [6.07, 6.45) is 0.989. The number of benzene rings is 1. The molecule has 4 nitrogen and oxygen atoms in total. The Labute approximate surface area is 133 Å². The largest absolute Gasteiger partial charge is 0.484 e. The molecule has 0 bridgehead atoms. The van der Waals surface area contributed by atoms with Gasteiger partial charge in [0.25, 0.3) is 5.91 Å². The van der Waals surface area contributed by atoms with Crippen molar-refractivity contribution in [3.63, 3.8) is 0 Å². The van der Waals surface area contributed by atoms with Crippen molar-refractivity contribution in [1.29, 1.82) is 0 Å². The predicted molar refractivity (Wildman–Crippen MR) is 89.0 cm³/mol. The first-order chi connectivity index (χ1) is 10.3. The Morgan fingerprint density at radius 2 is 1.95 bits per heavy atom. The molecule has 1 fully saturated rings. The van der Waals surface area contributed by atoms with E-state index >= 15 is 0 Å². The topological polar surface area (TPSA) is 55.6 Å². The summed E-state index contributed by atoms with van der Waals surface area (Å²) in [6.45, 7) is 10.1. The van der Waals surface area contributed by atoms with Crippen molar-refractivity contribution in [2.75, 3.05) is 19.7 Å². The van der Waals surface area contributed by atoms with Crippen molar-refractivity contribution in [3.8, 4) is 5.75 Å². The molecule has 0 aliphatic carbocycles. The zero-order valence-electron chi connectivity index (χ0n) is 14.1. The first-order valence-electron chi connectivity index (χ1n) is 8.04. The Kier molecular flexibility index (Phi) is 5.12. The lowest BCUT2D eigenvalue weighted by molar-refractivity contribution is -0.134. The van der Waals surface area contributed by atoms with Gasteiger partial charge in [-0.1, -0.05) is 32.9 Å². The standard InChI is InChI=1S/C18H28N2O2/c1-13-9-14(10-19)11-20(13)17(21)12-22-16-7-5-15(6-8-16)18(2,3)4/h5-8,13-14H,9-12,19H2,1-4H3. The molecule has 22 heavy (non-hydrogen) atoms. The maximum absolute atomic E-state index is 12.3. The zero-order chi connectivity index (χ0) is 16.3. The van der Waals surface area contributed by atoms with Crippen LogP contribution in [0.2, 0.25) is 0 Å². The summed E-state index contributed by atoms with van der Waals surface area (Å²) in [5.41, 5.74) is 7.08. The minimum atomic E-state index is 0.0448. The molecule has 0 aromatic heterocycles. The number of carbonyl (C=O) groups excluding carboxylic acids is 1. The molecule has 0 spiro atoms. The Morgan fingerprint density at radius 3 is 2.45 bits per heavy atom. The molecular formula is C18H28N2O2. The van der Waals surface area contributed by atoms with Crippen LogP contribution >= 0.6 is 0 Å². The van der Waals surface area contributed by atoms with Gasteiger partial charge in [0.1, 0.15) is 5.75 Å². The number of ether oxygens (including phenoxy) is 1. The molecule has 2 unspecified atom stereocenters. The molecule has 1 aromatic carbocycles. The Balaban J connectivity index is 1.89. The highest BCUT2D eigenvalue weighted by Crippen LogP contribution is 2.25. The summed E-state index contributed by atoms with van der Waals surface area (Å²) in [7, 11) is 0. The smallest absolute Gasteiger partial charge is 0.260 e. The molecule has 1 amide bonds. The SMILES string of the molecule is CC1CC(CN)CN1C(=O)COc1ccc(C(C)(C)C)cc1. The third kappa shape index (κ3) is 4.01. The maximum atomic E-state index is 12.3. The van der Waals surface area contributed by atoms with Crippen LogP contribution in [0.5, 0.6) is 5.75 Å². The molecule has 1 aliphatic rings. The predicted octanol–water partition coefficient (Wildman–Crippen LogP) is 2.56. The molecule has 0 radical (unpaired) electrons. The highest BCUT2D eigenvalue weighted by Gasteiger charge is 2.31. The van der Waals surface area contributed by atoms with Crippen molar-refractivity contribution in [1.82, 2.24) is 4.90 Å².